The summed E-state index contributed by atoms with van der Waals surface area (Å²) in [5, 5.41) is 0. The SMILES string of the molecule is CC(C)C(=O)N1CCC(OCCCl)CC1. The van der Waals surface area contributed by atoms with Crippen molar-refractivity contribution in [3.8, 4) is 0 Å². The number of amides is 1. The molecule has 1 fully saturated rings. The van der Waals surface area contributed by atoms with Gasteiger partial charge in [-0.2, -0.15) is 0 Å². The molecule has 15 heavy (non-hydrogen) atoms. The number of alkyl halides is 1. The van der Waals surface area contributed by atoms with E-state index in [9.17, 15) is 4.79 Å². The van der Waals surface area contributed by atoms with Crippen LogP contribution in [0.2, 0.25) is 0 Å². The first kappa shape index (κ1) is 12.8. The molecular weight excluding hydrogens is 214 g/mol. The molecule has 0 atom stereocenters. The Balaban J connectivity index is 2.26. The number of piperidine rings is 1. The van der Waals surface area contributed by atoms with Crippen molar-refractivity contribution < 1.29 is 9.53 Å². The van der Waals surface area contributed by atoms with E-state index >= 15 is 0 Å². The average Bonchev–Trinajstić information content (AvgIpc) is 2.26. The van der Waals surface area contributed by atoms with Gasteiger partial charge in [0.1, 0.15) is 0 Å². The van der Waals surface area contributed by atoms with E-state index < -0.39 is 0 Å². The zero-order valence-corrected chi connectivity index (χ0v) is 10.3. The number of nitrogens with zero attached hydrogens (tertiary/aromatic N) is 1. The largest absolute Gasteiger partial charge is 0.377 e. The molecule has 1 heterocycles. The number of hydrogen-bond acceptors (Lipinski definition) is 2. The Bertz CT molecular complexity index is 201. The lowest BCUT2D eigenvalue weighted by molar-refractivity contribution is -0.137. The van der Waals surface area contributed by atoms with E-state index in [0.29, 0.717) is 18.6 Å². The highest BCUT2D eigenvalue weighted by Crippen LogP contribution is 2.15. The molecule has 1 rings (SSSR count). The van der Waals surface area contributed by atoms with Crippen LogP contribution in [-0.2, 0) is 9.53 Å². The van der Waals surface area contributed by atoms with Gasteiger partial charge in [-0.25, -0.2) is 0 Å². The molecular formula is C11H20ClNO2. The molecule has 0 aliphatic carbocycles. The maximum Gasteiger partial charge on any atom is 0.225 e. The third-order valence-corrected chi connectivity index (χ3v) is 2.83. The normalized spacial score (nSPS) is 18.5. The fraction of sp³-hybridized carbons (Fsp3) is 0.909. The molecule has 0 radical (unpaired) electrons. The van der Waals surface area contributed by atoms with Crippen LogP contribution < -0.4 is 0 Å². The van der Waals surface area contributed by atoms with Crippen molar-refractivity contribution in [1.82, 2.24) is 4.90 Å². The fourth-order valence-electron chi connectivity index (χ4n) is 1.82. The third-order valence-electron chi connectivity index (χ3n) is 2.68. The summed E-state index contributed by atoms with van der Waals surface area (Å²) in [7, 11) is 0. The van der Waals surface area contributed by atoms with Crippen LogP contribution in [0.5, 0.6) is 0 Å². The van der Waals surface area contributed by atoms with E-state index in [2.05, 4.69) is 0 Å². The molecule has 0 spiro atoms. The number of ether oxygens (including phenoxy) is 1. The van der Waals surface area contributed by atoms with E-state index in [1.54, 1.807) is 0 Å². The minimum Gasteiger partial charge on any atom is -0.377 e. The van der Waals surface area contributed by atoms with Crippen LogP contribution in [-0.4, -0.2) is 42.5 Å². The second-order valence-corrected chi connectivity index (χ2v) is 4.62. The van der Waals surface area contributed by atoms with Crippen LogP contribution in [0.1, 0.15) is 26.7 Å². The quantitative estimate of drug-likeness (QED) is 0.694. The lowest BCUT2D eigenvalue weighted by Crippen LogP contribution is -2.42. The van der Waals surface area contributed by atoms with Crippen molar-refractivity contribution in [1.29, 1.82) is 0 Å². The highest BCUT2D eigenvalue weighted by Gasteiger charge is 2.24. The van der Waals surface area contributed by atoms with Gasteiger partial charge < -0.3 is 9.64 Å². The van der Waals surface area contributed by atoms with Crippen LogP contribution >= 0.6 is 11.6 Å². The maximum atomic E-state index is 11.7. The highest BCUT2D eigenvalue weighted by molar-refractivity contribution is 6.17. The summed E-state index contributed by atoms with van der Waals surface area (Å²) in [6, 6.07) is 0. The summed E-state index contributed by atoms with van der Waals surface area (Å²) in [6.45, 7) is 6.15. The molecule has 1 amide bonds. The molecule has 1 aliphatic rings. The minimum absolute atomic E-state index is 0.102. The Hall–Kier alpha value is -0.280. The van der Waals surface area contributed by atoms with Gasteiger partial charge in [-0.1, -0.05) is 13.8 Å². The van der Waals surface area contributed by atoms with Crippen LogP contribution in [0, 0.1) is 5.92 Å². The van der Waals surface area contributed by atoms with E-state index in [0.717, 1.165) is 25.9 Å². The number of halogens is 1. The Labute approximate surface area is 96.7 Å². The summed E-state index contributed by atoms with van der Waals surface area (Å²) in [6.07, 6.45) is 2.17. The second-order valence-electron chi connectivity index (χ2n) is 4.24. The number of rotatable bonds is 4. The van der Waals surface area contributed by atoms with Gasteiger partial charge in [-0.05, 0) is 12.8 Å². The number of carbonyl (C=O) groups is 1. The summed E-state index contributed by atoms with van der Waals surface area (Å²) in [5.74, 6) is 0.904. The van der Waals surface area contributed by atoms with Gasteiger partial charge in [0.15, 0.2) is 0 Å². The summed E-state index contributed by atoms with van der Waals surface area (Å²) in [4.78, 5) is 13.6. The Morgan fingerprint density at radius 3 is 2.53 bits per heavy atom. The molecule has 88 valence electrons. The van der Waals surface area contributed by atoms with Crippen molar-refractivity contribution >= 4 is 17.5 Å². The third kappa shape index (κ3) is 3.99. The number of carbonyl (C=O) groups excluding carboxylic acids is 1. The van der Waals surface area contributed by atoms with Gasteiger partial charge in [0.05, 0.1) is 12.7 Å². The van der Waals surface area contributed by atoms with Gasteiger partial charge in [-0.3, -0.25) is 4.79 Å². The molecule has 3 nitrogen and oxygen atoms in total. The molecule has 0 saturated carbocycles. The summed E-state index contributed by atoms with van der Waals surface area (Å²) >= 11 is 5.55. The van der Waals surface area contributed by atoms with Crippen LogP contribution in [0.4, 0.5) is 0 Å². The van der Waals surface area contributed by atoms with Gasteiger partial charge in [-0.15, -0.1) is 11.6 Å². The molecule has 1 saturated heterocycles. The standard InChI is InChI=1S/C11H20ClNO2/c1-9(2)11(14)13-6-3-10(4-7-13)15-8-5-12/h9-10H,3-8H2,1-2H3. The first-order chi connectivity index (χ1) is 7.15. The molecule has 0 aromatic heterocycles. The van der Waals surface area contributed by atoms with Crippen molar-refractivity contribution in [2.45, 2.75) is 32.8 Å². The average molecular weight is 234 g/mol. The van der Waals surface area contributed by atoms with Crippen LogP contribution in [0.3, 0.4) is 0 Å². The van der Waals surface area contributed by atoms with Crippen molar-refractivity contribution in [2.75, 3.05) is 25.6 Å². The topological polar surface area (TPSA) is 29.5 Å². The first-order valence-corrected chi connectivity index (χ1v) is 6.15. The van der Waals surface area contributed by atoms with E-state index in [1.807, 2.05) is 18.7 Å². The molecule has 0 bridgehead atoms. The highest BCUT2D eigenvalue weighted by atomic mass is 35.5. The van der Waals surface area contributed by atoms with Gasteiger partial charge >= 0.3 is 0 Å². The van der Waals surface area contributed by atoms with Gasteiger partial charge in [0, 0.05) is 24.9 Å². The van der Waals surface area contributed by atoms with Crippen LogP contribution in [0.15, 0.2) is 0 Å². The Morgan fingerprint density at radius 1 is 1.47 bits per heavy atom. The second kappa shape index (κ2) is 6.33. The van der Waals surface area contributed by atoms with Crippen LogP contribution in [0.25, 0.3) is 0 Å². The van der Waals surface area contributed by atoms with E-state index in [4.69, 9.17) is 16.3 Å². The monoisotopic (exact) mass is 233 g/mol. The van der Waals surface area contributed by atoms with Crippen molar-refractivity contribution in [2.24, 2.45) is 5.92 Å². The Morgan fingerprint density at radius 2 is 2.07 bits per heavy atom. The molecule has 1 aliphatic heterocycles. The minimum atomic E-state index is 0.102. The number of hydrogen-bond donors (Lipinski definition) is 0. The molecule has 4 heteroatoms. The molecule has 0 N–H and O–H groups in total. The van der Waals surface area contributed by atoms with E-state index in [1.165, 1.54) is 0 Å². The van der Waals surface area contributed by atoms with Crippen molar-refractivity contribution in [3.05, 3.63) is 0 Å². The zero-order valence-electron chi connectivity index (χ0n) is 9.54. The zero-order chi connectivity index (χ0) is 11.3. The lowest BCUT2D eigenvalue weighted by Gasteiger charge is -2.32. The van der Waals surface area contributed by atoms with Gasteiger partial charge in [0.25, 0.3) is 0 Å². The van der Waals surface area contributed by atoms with Crippen molar-refractivity contribution in [3.63, 3.8) is 0 Å². The smallest absolute Gasteiger partial charge is 0.225 e. The number of likely N-dealkylation sites (tertiary alicyclic amines) is 1. The molecule has 0 unspecified atom stereocenters. The fourth-order valence-corrected chi connectivity index (χ4v) is 1.91. The summed E-state index contributed by atoms with van der Waals surface area (Å²) in [5.41, 5.74) is 0. The van der Waals surface area contributed by atoms with Gasteiger partial charge in [0.2, 0.25) is 5.91 Å². The predicted octanol–water partition coefficient (Wildman–Crippen LogP) is 1.89. The predicted molar refractivity (Wildman–Crippen MR) is 61.1 cm³/mol. The van der Waals surface area contributed by atoms with E-state index in [-0.39, 0.29) is 11.8 Å². The maximum absolute atomic E-state index is 11.7. The first-order valence-electron chi connectivity index (χ1n) is 5.61. The lowest BCUT2D eigenvalue weighted by atomic mass is 10.1. The molecule has 0 aromatic carbocycles. The summed E-state index contributed by atoms with van der Waals surface area (Å²) < 4.78 is 5.55. The Kier molecular flexibility index (Phi) is 5.40. The molecule has 0 aromatic rings.